The molecule has 3 amide bonds. The third kappa shape index (κ3) is 10.1. The number of ether oxygens (including phenoxy) is 2. The number of alkyl halides is 5. The quantitative estimate of drug-likeness (QED) is 0.335. The molecule has 1 saturated heterocycles. The van der Waals surface area contributed by atoms with E-state index in [0.717, 1.165) is 22.3 Å². The van der Waals surface area contributed by atoms with Gasteiger partial charge in [0.05, 0.1) is 28.1 Å². The van der Waals surface area contributed by atoms with Crippen LogP contribution in [0, 0.1) is 5.41 Å². The number of hydrogen-bond donors (Lipinski definition) is 2. The summed E-state index contributed by atoms with van der Waals surface area (Å²) in [5.41, 5.74) is -0.754. The highest BCUT2D eigenvalue weighted by Gasteiger charge is 2.38. The van der Waals surface area contributed by atoms with Crippen molar-refractivity contribution in [2.45, 2.75) is 39.6 Å². The van der Waals surface area contributed by atoms with Gasteiger partial charge in [0.15, 0.2) is 5.75 Å². The standard InChI is InChI=1S/C26H30ClF5N4O5S/c1-25(2,3)13-35(14-26(30,31)32)17(11-33-23(39)19-6-7-20(27)42-19)22(38)34-15-4-5-16(18(10-15)41-24(28)29)36-8-9-40-12-21(36)37/h4-7,10,17,24H,8-9,11-14H2,1-3H3,(H,33,39)(H,34,38)/t17-/m1/s1. The molecule has 1 atom stereocenters. The molecule has 2 heterocycles. The van der Waals surface area contributed by atoms with Crippen LogP contribution < -0.4 is 20.3 Å². The van der Waals surface area contributed by atoms with E-state index in [2.05, 4.69) is 15.4 Å². The second-order valence-electron chi connectivity index (χ2n) is 10.6. The summed E-state index contributed by atoms with van der Waals surface area (Å²) in [6.45, 7) is -0.371. The molecule has 3 rings (SSSR count). The molecule has 1 aliphatic rings. The Balaban J connectivity index is 1.91. The number of hydrogen-bond acceptors (Lipinski definition) is 7. The van der Waals surface area contributed by atoms with Crippen molar-refractivity contribution in [2.75, 3.05) is 49.6 Å². The number of carbonyl (C=O) groups excluding carboxylic acids is 3. The Hall–Kier alpha value is -3.01. The fraction of sp³-hybridized carbons (Fsp3) is 0.500. The third-order valence-corrected chi connectivity index (χ3v) is 7.01. The average Bonchev–Trinajstić information content (AvgIpc) is 3.29. The Labute approximate surface area is 247 Å². The molecule has 232 valence electrons. The number of amides is 3. The predicted octanol–water partition coefficient (Wildman–Crippen LogP) is 5.01. The van der Waals surface area contributed by atoms with E-state index in [9.17, 15) is 36.3 Å². The average molecular weight is 641 g/mol. The number of thiophene rings is 1. The lowest BCUT2D eigenvalue weighted by atomic mass is 9.95. The van der Waals surface area contributed by atoms with Crippen molar-refractivity contribution >= 4 is 52.0 Å². The van der Waals surface area contributed by atoms with Gasteiger partial charge in [0.2, 0.25) is 5.91 Å². The Morgan fingerprint density at radius 3 is 2.45 bits per heavy atom. The van der Waals surface area contributed by atoms with Gasteiger partial charge < -0.3 is 25.0 Å². The molecule has 0 radical (unpaired) electrons. The number of carbonyl (C=O) groups is 3. The summed E-state index contributed by atoms with van der Waals surface area (Å²) in [5.74, 6) is -2.50. The number of rotatable bonds is 11. The zero-order chi connectivity index (χ0) is 31.2. The normalized spacial score (nSPS) is 15.2. The molecule has 1 aromatic carbocycles. The van der Waals surface area contributed by atoms with Gasteiger partial charge in [0.25, 0.3) is 11.8 Å². The molecule has 0 unspecified atom stereocenters. The molecule has 9 nitrogen and oxygen atoms in total. The van der Waals surface area contributed by atoms with Gasteiger partial charge in [0, 0.05) is 31.4 Å². The van der Waals surface area contributed by atoms with Crippen molar-refractivity contribution in [2.24, 2.45) is 5.41 Å². The molecule has 0 bridgehead atoms. The Morgan fingerprint density at radius 2 is 1.88 bits per heavy atom. The molecule has 2 aromatic rings. The lowest BCUT2D eigenvalue weighted by molar-refractivity contribution is -0.156. The van der Waals surface area contributed by atoms with E-state index in [0.29, 0.717) is 4.34 Å². The van der Waals surface area contributed by atoms with Crippen molar-refractivity contribution in [3.63, 3.8) is 0 Å². The van der Waals surface area contributed by atoms with Crippen molar-refractivity contribution in [3.8, 4) is 5.75 Å². The molecule has 0 saturated carbocycles. The van der Waals surface area contributed by atoms with Gasteiger partial charge >= 0.3 is 12.8 Å². The molecule has 42 heavy (non-hydrogen) atoms. The van der Waals surface area contributed by atoms with Gasteiger partial charge in [-0.2, -0.15) is 22.0 Å². The largest absolute Gasteiger partial charge is 0.433 e. The topological polar surface area (TPSA) is 100 Å². The summed E-state index contributed by atoms with van der Waals surface area (Å²) < 4.78 is 77.3. The van der Waals surface area contributed by atoms with E-state index in [1.54, 1.807) is 20.8 Å². The first-order valence-corrected chi connectivity index (χ1v) is 13.8. The maximum Gasteiger partial charge on any atom is 0.401 e. The van der Waals surface area contributed by atoms with Crippen molar-refractivity contribution in [3.05, 3.63) is 39.5 Å². The summed E-state index contributed by atoms with van der Waals surface area (Å²) in [5, 5.41) is 4.93. The summed E-state index contributed by atoms with van der Waals surface area (Å²) in [6.07, 6.45) is -4.68. The summed E-state index contributed by atoms with van der Waals surface area (Å²) in [6, 6.07) is 5.01. The minimum absolute atomic E-state index is 0.00597. The number of anilines is 2. The van der Waals surface area contributed by atoms with Crippen molar-refractivity contribution in [1.82, 2.24) is 10.2 Å². The van der Waals surface area contributed by atoms with Crippen LogP contribution in [0.3, 0.4) is 0 Å². The highest BCUT2D eigenvalue weighted by Crippen LogP contribution is 2.34. The van der Waals surface area contributed by atoms with Crippen LogP contribution in [-0.2, 0) is 14.3 Å². The van der Waals surface area contributed by atoms with Gasteiger partial charge in [-0.1, -0.05) is 32.4 Å². The fourth-order valence-corrected chi connectivity index (χ4v) is 5.18. The molecule has 0 spiro atoms. The number of benzene rings is 1. The van der Waals surface area contributed by atoms with E-state index < -0.39 is 60.8 Å². The first-order chi connectivity index (χ1) is 19.5. The summed E-state index contributed by atoms with van der Waals surface area (Å²) in [7, 11) is 0. The number of morpholine rings is 1. The van der Waals surface area contributed by atoms with Crippen LogP contribution in [0.4, 0.5) is 33.3 Å². The van der Waals surface area contributed by atoms with E-state index in [1.807, 2.05) is 0 Å². The maximum absolute atomic E-state index is 13.6. The van der Waals surface area contributed by atoms with Gasteiger partial charge in [0.1, 0.15) is 12.6 Å². The first kappa shape index (κ1) is 33.5. The number of nitrogens with one attached hydrogen (secondary N) is 2. The highest BCUT2D eigenvalue weighted by molar-refractivity contribution is 7.18. The maximum atomic E-state index is 13.6. The third-order valence-electron chi connectivity index (χ3n) is 5.78. The molecule has 1 aromatic heterocycles. The molecular weight excluding hydrogens is 611 g/mol. The minimum Gasteiger partial charge on any atom is -0.433 e. The lowest BCUT2D eigenvalue weighted by Crippen LogP contribution is -2.55. The number of halogens is 6. The monoisotopic (exact) mass is 640 g/mol. The van der Waals surface area contributed by atoms with Crippen LogP contribution in [-0.4, -0.2) is 80.8 Å². The molecule has 0 aliphatic carbocycles. The van der Waals surface area contributed by atoms with Gasteiger partial charge in [-0.3, -0.25) is 19.3 Å². The van der Waals surface area contributed by atoms with Crippen molar-refractivity contribution < 1.29 is 45.8 Å². The van der Waals surface area contributed by atoms with Crippen LogP contribution >= 0.6 is 22.9 Å². The molecule has 2 N–H and O–H groups in total. The van der Waals surface area contributed by atoms with Gasteiger partial charge in [-0.15, -0.1) is 11.3 Å². The van der Waals surface area contributed by atoms with Crippen molar-refractivity contribution in [1.29, 1.82) is 0 Å². The Bertz CT molecular complexity index is 1250. The van der Waals surface area contributed by atoms with E-state index >= 15 is 0 Å². The van der Waals surface area contributed by atoms with Crippen LogP contribution in [0.1, 0.15) is 30.4 Å². The lowest BCUT2D eigenvalue weighted by Gasteiger charge is -2.36. The Kier molecular flexibility index (Phi) is 11.1. The minimum atomic E-state index is -4.68. The first-order valence-electron chi connectivity index (χ1n) is 12.6. The van der Waals surface area contributed by atoms with E-state index in [-0.39, 0.29) is 42.6 Å². The molecular formula is C26H30ClF5N4O5S. The van der Waals surface area contributed by atoms with Crippen LogP contribution in [0.5, 0.6) is 5.75 Å². The zero-order valence-electron chi connectivity index (χ0n) is 22.9. The molecule has 1 aliphatic heterocycles. The Morgan fingerprint density at radius 1 is 1.17 bits per heavy atom. The number of nitrogens with zero attached hydrogens (tertiary/aromatic N) is 2. The molecule has 16 heteroatoms. The van der Waals surface area contributed by atoms with E-state index in [1.165, 1.54) is 29.2 Å². The van der Waals surface area contributed by atoms with Gasteiger partial charge in [-0.25, -0.2) is 0 Å². The second kappa shape index (κ2) is 14.0. The van der Waals surface area contributed by atoms with Crippen LogP contribution in [0.2, 0.25) is 4.34 Å². The van der Waals surface area contributed by atoms with Crippen LogP contribution in [0.25, 0.3) is 0 Å². The van der Waals surface area contributed by atoms with Crippen LogP contribution in [0.15, 0.2) is 30.3 Å². The smallest absolute Gasteiger partial charge is 0.401 e. The summed E-state index contributed by atoms with van der Waals surface area (Å²) >= 11 is 6.83. The highest BCUT2D eigenvalue weighted by atomic mass is 35.5. The predicted molar refractivity (Wildman–Crippen MR) is 147 cm³/mol. The van der Waals surface area contributed by atoms with E-state index in [4.69, 9.17) is 16.3 Å². The zero-order valence-corrected chi connectivity index (χ0v) is 24.5. The summed E-state index contributed by atoms with van der Waals surface area (Å²) in [4.78, 5) is 40.7. The fourth-order valence-electron chi connectivity index (χ4n) is 4.22. The second-order valence-corrected chi connectivity index (χ2v) is 12.3. The van der Waals surface area contributed by atoms with Gasteiger partial charge in [-0.05, 0) is 29.7 Å². The molecule has 1 fully saturated rings. The SMILES string of the molecule is CC(C)(C)CN(CC(F)(F)F)[C@H](CNC(=O)c1ccc(Cl)s1)C(=O)Nc1ccc(N2CCOCC2=O)c(OC(F)F)c1.